The summed E-state index contributed by atoms with van der Waals surface area (Å²) < 4.78 is 51.4. The summed E-state index contributed by atoms with van der Waals surface area (Å²) in [6.07, 6.45) is -4.09. The molecular weight excluding hydrogens is 377 g/mol. The van der Waals surface area contributed by atoms with Crippen molar-refractivity contribution in [2.75, 3.05) is 7.11 Å². The number of halogens is 3. The predicted molar refractivity (Wildman–Crippen MR) is 91.6 cm³/mol. The number of methoxy groups -OCH3 is 1. The summed E-state index contributed by atoms with van der Waals surface area (Å²) in [4.78, 5) is 12.4. The molecule has 0 bridgehead atoms. The van der Waals surface area contributed by atoms with Crippen LogP contribution in [0, 0.1) is 13.8 Å². The minimum Gasteiger partial charge on any atom is -0.480 e. The molecule has 0 N–H and O–H groups in total. The smallest absolute Gasteiger partial charge is 0.434 e. The Labute approximate surface area is 157 Å². The lowest BCUT2D eigenvalue weighted by Crippen LogP contribution is -2.20. The fourth-order valence-electron chi connectivity index (χ4n) is 2.63. The van der Waals surface area contributed by atoms with Crippen LogP contribution in [0.1, 0.15) is 27.2 Å². The number of carbonyl (C=O) groups excluding carboxylic acids is 1. The zero-order valence-electron chi connectivity index (χ0n) is 15.1. The van der Waals surface area contributed by atoms with Gasteiger partial charge in [0.2, 0.25) is 5.88 Å². The average molecular weight is 392 g/mol. The minimum absolute atomic E-state index is 0.124. The number of esters is 1. The maximum Gasteiger partial charge on any atom is 0.434 e. The molecule has 1 aromatic carbocycles. The molecule has 146 valence electrons. The number of hydrogen-bond donors (Lipinski definition) is 0. The second kappa shape index (κ2) is 7.29. The van der Waals surface area contributed by atoms with Crippen LogP contribution in [-0.4, -0.2) is 33.1 Å². The zero-order chi connectivity index (χ0) is 20.5. The van der Waals surface area contributed by atoms with Crippen LogP contribution in [0.5, 0.6) is 11.6 Å². The van der Waals surface area contributed by atoms with E-state index >= 15 is 0 Å². The lowest BCUT2D eigenvalue weighted by molar-refractivity contribution is -0.143. The van der Waals surface area contributed by atoms with E-state index in [4.69, 9.17) is 9.47 Å². The third kappa shape index (κ3) is 3.95. The zero-order valence-corrected chi connectivity index (χ0v) is 15.1. The van der Waals surface area contributed by atoms with Crippen LogP contribution in [-0.2, 0) is 6.18 Å². The first-order chi connectivity index (χ1) is 13.2. The van der Waals surface area contributed by atoms with Gasteiger partial charge in [-0.3, -0.25) is 0 Å². The van der Waals surface area contributed by atoms with Crippen molar-refractivity contribution in [3.8, 4) is 17.4 Å². The van der Waals surface area contributed by atoms with Gasteiger partial charge >= 0.3 is 12.1 Å². The van der Waals surface area contributed by atoms with Crippen LogP contribution >= 0.6 is 0 Å². The van der Waals surface area contributed by atoms with Crippen molar-refractivity contribution >= 4 is 5.97 Å². The van der Waals surface area contributed by atoms with E-state index in [2.05, 4.69) is 15.3 Å². The number of alkyl halides is 3. The Morgan fingerprint density at radius 3 is 2.29 bits per heavy atom. The largest absolute Gasteiger partial charge is 0.480 e. The first-order valence-corrected chi connectivity index (χ1v) is 8.03. The Bertz CT molecular complexity index is 994. The minimum atomic E-state index is -4.88. The van der Waals surface area contributed by atoms with Gasteiger partial charge < -0.3 is 9.47 Å². The Hall–Kier alpha value is -3.43. The molecule has 0 aliphatic carbocycles. The number of ether oxygens (including phenoxy) is 2. The number of hydrogen-bond acceptors (Lipinski definition) is 6. The molecule has 10 heteroatoms. The molecular formula is C18H15F3N4O3. The van der Waals surface area contributed by atoms with E-state index in [9.17, 15) is 18.0 Å². The second-order valence-corrected chi connectivity index (χ2v) is 5.96. The fourth-order valence-corrected chi connectivity index (χ4v) is 2.63. The summed E-state index contributed by atoms with van der Waals surface area (Å²) in [6, 6.07) is 7.53. The van der Waals surface area contributed by atoms with E-state index in [0.717, 1.165) is 17.3 Å². The van der Waals surface area contributed by atoms with Gasteiger partial charge in [-0.1, -0.05) is 6.07 Å². The molecule has 2 aromatic heterocycles. The lowest BCUT2D eigenvalue weighted by Gasteiger charge is -2.12. The molecule has 0 atom stereocenters. The number of aromatic nitrogens is 4. The van der Waals surface area contributed by atoms with Gasteiger partial charge in [-0.05, 0) is 43.2 Å². The molecule has 0 saturated heterocycles. The van der Waals surface area contributed by atoms with Crippen LogP contribution in [0.25, 0.3) is 5.82 Å². The number of rotatable bonds is 4. The molecule has 0 fully saturated rings. The van der Waals surface area contributed by atoms with Gasteiger partial charge in [0.15, 0.2) is 11.5 Å². The summed E-state index contributed by atoms with van der Waals surface area (Å²) in [5.74, 6) is -1.13. The highest BCUT2D eigenvalue weighted by Crippen LogP contribution is 2.34. The van der Waals surface area contributed by atoms with E-state index in [1.807, 2.05) is 6.07 Å². The van der Waals surface area contributed by atoms with E-state index in [1.165, 1.54) is 19.2 Å². The Morgan fingerprint density at radius 1 is 1.07 bits per heavy atom. The highest BCUT2D eigenvalue weighted by molar-refractivity contribution is 5.92. The van der Waals surface area contributed by atoms with Gasteiger partial charge in [-0.25, -0.2) is 9.48 Å². The normalized spacial score (nSPS) is 11.4. The van der Waals surface area contributed by atoms with E-state index in [-0.39, 0.29) is 17.4 Å². The third-order valence-electron chi connectivity index (χ3n) is 3.72. The first-order valence-electron chi connectivity index (χ1n) is 8.03. The van der Waals surface area contributed by atoms with Gasteiger partial charge in [0.25, 0.3) is 0 Å². The van der Waals surface area contributed by atoms with Crippen molar-refractivity contribution < 1.29 is 27.4 Å². The summed E-state index contributed by atoms with van der Waals surface area (Å²) in [6.45, 7) is 3.57. The van der Waals surface area contributed by atoms with E-state index in [1.54, 1.807) is 26.0 Å². The monoisotopic (exact) mass is 392 g/mol. The number of aryl methyl sites for hydroxylation is 2. The number of benzene rings is 1. The summed E-state index contributed by atoms with van der Waals surface area (Å²) in [5, 5.41) is 10.9. The summed E-state index contributed by atoms with van der Waals surface area (Å²) in [7, 11) is 1.35. The fraction of sp³-hybridized carbons (Fsp3) is 0.222. The van der Waals surface area contributed by atoms with Gasteiger partial charge in [0.1, 0.15) is 11.3 Å². The topological polar surface area (TPSA) is 79.1 Å². The first kappa shape index (κ1) is 19.3. The molecule has 0 amide bonds. The quantitative estimate of drug-likeness (QED) is 0.499. The van der Waals surface area contributed by atoms with Crippen LogP contribution < -0.4 is 9.47 Å². The van der Waals surface area contributed by atoms with Crippen LogP contribution in [0.3, 0.4) is 0 Å². The highest BCUT2D eigenvalue weighted by Gasteiger charge is 2.41. The van der Waals surface area contributed by atoms with Crippen molar-refractivity contribution in [2.45, 2.75) is 20.0 Å². The summed E-state index contributed by atoms with van der Waals surface area (Å²) >= 11 is 0. The van der Waals surface area contributed by atoms with E-state index in [0.29, 0.717) is 4.68 Å². The molecule has 3 rings (SSSR count). The van der Waals surface area contributed by atoms with Crippen LogP contribution in [0.4, 0.5) is 13.2 Å². The van der Waals surface area contributed by atoms with Crippen molar-refractivity contribution in [3.63, 3.8) is 0 Å². The Morgan fingerprint density at radius 2 is 1.75 bits per heavy atom. The number of carbonyl (C=O) groups is 1. The number of nitrogens with zero attached hydrogens (tertiary/aromatic N) is 4. The van der Waals surface area contributed by atoms with Crippen molar-refractivity contribution in [1.29, 1.82) is 0 Å². The molecule has 0 radical (unpaired) electrons. The highest BCUT2D eigenvalue weighted by atomic mass is 19.4. The Kier molecular flexibility index (Phi) is 5.04. The van der Waals surface area contributed by atoms with Crippen LogP contribution in [0.2, 0.25) is 0 Å². The van der Waals surface area contributed by atoms with E-state index < -0.39 is 23.4 Å². The van der Waals surface area contributed by atoms with Gasteiger partial charge in [0, 0.05) is 6.07 Å². The molecule has 0 spiro atoms. The molecule has 0 unspecified atom stereocenters. The standard InChI is InChI=1S/C18H15F3N4O3/c1-10-6-11(2)8-12(7-10)28-17(26)13-9-22-25(16(13)18(19,20)21)14-4-5-15(27-3)24-23-14/h4-9H,1-3H3. The Balaban J connectivity index is 2.01. The van der Waals surface area contributed by atoms with Crippen LogP contribution in [0.15, 0.2) is 36.5 Å². The maximum atomic E-state index is 13.7. The molecule has 0 aliphatic heterocycles. The molecule has 3 aromatic rings. The van der Waals surface area contributed by atoms with Gasteiger partial charge in [0.05, 0.1) is 13.3 Å². The average Bonchev–Trinajstić information content (AvgIpc) is 3.06. The van der Waals surface area contributed by atoms with Crippen molar-refractivity contribution in [2.24, 2.45) is 0 Å². The molecule has 0 saturated carbocycles. The molecule has 2 heterocycles. The van der Waals surface area contributed by atoms with Crippen molar-refractivity contribution in [1.82, 2.24) is 20.0 Å². The second-order valence-electron chi connectivity index (χ2n) is 5.96. The van der Waals surface area contributed by atoms with Crippen molar-refractivity contribution in [3.05, 3.63) is 58.9 Å². The third-order valence-corrected chi connectivity index (χ3v) is 3.72. The molecule has 0 aliphatic rings. The SMILES string of the molecule is COc1ccc(-n2ncc(C(=O)Oc3cc(C)cc(C)c3)c2C(F)(F)F)nn1. The summed E-state index contributed by atoms with van der Waals surface area (Å²) in [5.41, 5.74) is -0.420. The predicted octanol–water partition coefficient (Wildman–Crippen LogP) is 3.53. The lowest BCUT2D eigenvalue weighted by atomic mass is 10.1. The van der Waals surface area contributed by atoms with Gasteiger partial charge in [-0.2, -0.15) is 18.3 Å². The molecule has 28 heavy (non-hydrogen) atoms. The molecule has 7 nitrogen and oxygen atoms in total. The maximum absolute atomic E-state index is 13.7. The van der Waals surface area contributed by atoms with Gasteiger partial charge in [-0.15, -0.1) is 10.2 Å².